The van der Waals surface area contributed by atoms with Crippen LogP contribution >= 0.6 is 27.3 Å². The highest BCUT2D eigenvalue weighted by molar-refractivity contribution is 9.11. The quantitative estimate of drug-likeness (QED) is 0.926. The topological polar surface area (TPSA) is 37.8 Å². The van der Waals surface area contributed by atoms with Crippen molar-refractivity contribution < 1.29 is 0 Å². The lowest BCUT2D eigenvalue weighted by atomic mass is 10.1. The highest BCUT2D eigenvalue weighted by atomic mass is 79.9. The van der Waals surface area contributed by atoms with Crippen molar-refractivity contribution in [3.8, 4) is 0 Å². The summed E-state index contributed by atoms with van der Waals surface area (Å²) in [6, 6.07) is 9.06. The van der Waals surface area contributed by atoms with Gasteiger partial charge in [-0.1, -0.05) is 35.6 Å². The Bertz CT molecular complexity index is 486. The predicted molar refractivity (Wildman–Crippen MR) is 68.9 cm³/mol. The van der Waals surface area contributed by atoms with Gasteiger partial charge >= 0.3 is 0 Å². The number of nitrogens with zero attached hydrogens (tertiary/aromatic N) is 2. The Labute approximate surface area is 106 Å². The summed E-state index contributed by atoms with van der Waals surface area (Å²) in [4.78, 5) is 0. The largest absolute Gasteiger partial charge is 0.357 e. The fraction of sp³-hybridized carbons (Fsp3) is 0.273. The van der Waals surface area contributed by atoms with Crippen LogP contribution in [-0.2, 0) is 12.8 Å². The second kappa shape index (κ2) is 4.14. The Balaban J connectivity index is 1.72. The average molecular weight is 296 g/mol. The van der Waals surface area contributed by atoms with Crippen molar-refractivity contribution in [2.75, 3.05) is 5.32 Å². The number of aromatic nitrogens is 2. The molecule has 16 heavy (non-hydrogen) atoms. The number of fused-ring (bicyclic) bond motifs is 1. The third-order valence-corrected chi connectivity index (χ3v) is 4.07. The van der Waals surface area contributed by atoms with Gasteiger partial charge in [-0.15, -0.1) is 10.2 Å². The van der Waals surface area contributed by atoms with Crippen molar-refractivity contribution in [1.82, 2.24) is 10.2 Å². The Hall–Kier alpha value is -0.940. The lowest BCUT2D eigenvalue weighted by molar-refractivity contribution is 0.769. The lowest BCUT2D eigenvalue weighted by Crippen LogP contribution is -2.19. The van der Waals surface area contributed by atoms with Crippen LogP contribution in [0.25, 0.3) is 0 Å². The first-order chi connectivity index (χ1) is 7.81. The lowest BCUT2D eigenvalue weighted by Gasteiger charge is -2.08. The predicted octanol–water partition coefficient (Wildman–Crippen LogP) is 2.88. The minimum absolute atomic E-state index is 0.456. The van der Waals surface area contributed by atoms with Gasteiger partial charge in [0, 0.05) is 6.04 Å². The van der Waals surface area contributed by atoms with Gasteiger partial charge in [0.05, 0.1) is 0 Å². The fourth-order valence-electron chi connectivity index (χ4n) is 2.10. The van der Waals surface area contributed by atoms with E-state index in [9.17, 15) is 0 Å². The van der Waals surface area contributed by atoms with Crippen LogP contribution in [0.1, 0.15) is 11.1 Å². The summed E-state index contributed by atoms with van der Waals surface area (Å²) in [5, 5.41) is 12.3. The number of hydrogen-bond donors (Lipinski definition) is 1. The van der Waals surface area contributed by atoms with E-state index < -0.39 is 0 Å². The van der Waals surface area contributed by atoms with Crippen LogP contribution in [0, 0.1) is 0 Å². The summed E-state index contributed by atoms with van der Waals surface area (Å²) in [6.07, 6.45) is 2.15. The van der Waals surface area contributed by atoms with Crippen molar-refractivity contribution >= 4 is 32.4 Å². The van der Waals surface area contributed by atoms with E-state index in [-0.39, 0.29) is 0 Å². The highest BCUT2D eigenvalue weighted by Crippen LogP contribution is 2.26. The molecule has 0 aliphatic heterocycles. The molecule has 0 spiro atoms. The number of benzene rings is 1. The molecular formula is C11H10BrN3S. The molecule has 3 rings (SSSR count). The zero-order chi connectivity index (χ0) is 11.0. The molecule has 0 unspecified atom stereocenters. The van der Waals surface area contributed by atoms with E-state index in [2.05, 4.69) is 55.7 Å². The van der Waals surface area contributed by atoms with Gasteiger partial charge < -0.3 is 5.32 Å². The molecule has 0 radical (unpaired) electrons. The number of rotatable bonds is 2. The summed E-state index contributed by atoms with van der Waals surface area (Å²) < 4.78 is 0.825. The molecule has 1 aromatic carbocycles. The molecule has 1 aromatic heterocycles. The molecule has 2 aromatic rings. The monoisotopic (exact) mass is 295 g/mol. The maximum absolute atomic E-state index is 4.05. The number of hydrogen-bond acceptors (Lipinski definition) is 4. The third kappa shape index (κ3) is 1.97. The molecule has 0 fully saturated rings. The molecule has 1 aliphatic rings. The number of nitrogens with one attached hydrogen (secondary N) is 1. The number of anilines is 1. The van der Waals surface area contributed by atoms with Gasteiger partial charge in [0.15, 0.2) is 3.92 Å². The maximum atomic E-state index is 4.05. The van der Waals surface area contributed by atoms with Gasteiger partial charge in [-0.3, -0.25) is 0 Å². The third-order valence-electron chi connectivity index (χ3n) is 2.78. The molecule has 0 saturated heterocycles. The second-order valence-corrected chi connectivity index (χ2v) is 6.13. The van der Waals surface area contributed by atoms with Gasteiger partial charge in [-0.25, -0.2) is 0 Å². The van der Waals surface area contributed by atoms with E-state index in [1.54, 1.807) is 0 Å². The van der Waals surface area contributed by atoms with Crippen LogP contribution in [0.2, 0.25) is 0 Å². The summed E-state index contributed by atoms with van der Waals surface area (Å²) in [5.74, 6) is 0. The first kappa shape index (κ1) is 10.2. The standard InChI is InChI=1S/C11H10BrN3S/c12-10-14-15-11(16-10)13-9-5-7-3-1-2-4-8(7)6-9/h1-4,9H,5-6H2,(H,13,15). The molecule has 0 amide bonds. The van der Waals surface area contributed by atoms with Gasteiger partial charge in [0.1, 0.15) is 0 Å². The van der Waals surface area contributed by atoms with Crippen molar-refractivity contribution in [2.45, 2.75) is 18.9 Å². The van der Waals surface area contributed by atoms with Crippen LogP contribution in [0.3, 0.4) is 0 Å². The molecule has 1 N–H and O–H groups in total. The number of halogens is 1. The molecule has 5 heteroatoms. The first-order valence-electron chi connectivity index (χ1n) is 5.13. The van der Waals surface area contributed by atoms with Crippen molar-refractivity contribution in [3.63, 3.8) is 0 Å². The van der Waals surface area contributed by atoms with Crippen LogP contribution in [0.4, 0.5) is 5.13 Å². The SMILES string of the molecule is Brc1nnc(NC2Cc3ccccc3C2)s1. The van der Waals surface area contributed by atoms with E-state index in [4.69, 9.17) is 0 Å². The molecule has 1 aliphatic carbocycles. The molecule has 3 nitrogen and oxygen atoms in total. The molecule has 0 bridgehead atoms. The molecule has 1 heterocycles. The highest BCUT2D eigenvalue weighted by Gasteiger charge is 2.21. The van der Waals surface area contributed by atoms with Crippen LogP contribution in [0.5, 0.6) is 0 Å². The molecule has 82 valence electrons. The van der Waals surface area contributed by atoms with Crippen molar-refractivity contribution in [3.05, 3.63) is 39.3 Å². The minimum atomic E-state index is 0.456. The van der Waals surface area contributed by atoms with Crippen LogP contribution in [0.15, 0.2) is 28.2 Å². The van der Waals surface area contributed by atoms with Crippen molar-refractivity contribution in [1.29, 1.82) is 0 Å². The first-order valence-corrected chi connectivity index (χ1v) is 6.74. The zero-order valence-corrected chi connectivity index (χ0v) is 10.9. The fourth-order valence-corrected chi connectivity index (χ4v) is 3.19. The van der Waals surface area contributed by atoms with E-state index in [0.29, 0.717) is 6.04 Å². The summed E-state index contributed by atoms with van der Waals surface area (Å²) in [7, 11) is 0. The Morgan fingerprint density at radius 2 is 1.88 bits per heavy atom. The molecule has 0 atom stereocenters. The summed E-state index contributed by atoms with van der Waals surface area (Å²) in [5.41, 5.74) is 2.90. The van der Waals surface area contributed by atoms with E-state index >= 15 is 0 Å². The van der Waals surface area contributed by atoms with Crippen LogP contribution in [-0.4, -0.2) is 16.2 Å². The maximum Gasteiger partial charge on any atom is 0.206 e. The Kier molecular flexibility index (Phi) is 2.65. The molecular weight excluding hydrogens is 286 g/mol. The van der Waals surface area contributed by atoms with E-state index in [1.165, 1.54) is 22.5 Å². The second-order valence-electron chi connectivity index (χ2n) is 3.88. The normalized spacial score (nSPS) is 15.1. The van der Waals surface area contributed by atoms with Gasteiger partial charge in [0.2, 0.25) is 5.13 Å². The van der Waals surface area contributed by atoms with Gasteiger partial charge in [0.25, 0.3) is 0 Å². The van der Waals surface area contributed by atoms with E-state index in [1.807, 2.05) is 0 Å². The molecule has 0 saturated carbocycles. The Morgan fingerprint density at radius 3 is 2.44 bits per heavy atom. The van der Waals surface area contributed by atoms with Gasteiger partial charge in [-0.05, 0) is 39.9 Å². The van der Waals surface area contributed by atoms with Crippen LogP contribution < -0.4 is 5.32 Å². The zero-order valence-electron chi connectivity index (χ0n) is 8.48. The summed E-state index contributed by atoms with van der Waals surface area (Å²) in [6.45, 7) is 0. The van der Waals surface area contributed by atoms with Crippen molar-refractivity contribution in [2.24, 2.45) is 0 Å². The minimum Gasteiger partial charge on any atom is -0.357 e. The summed E-state index contributed by atoms with van der Waals surface area (Å²) >= 11 is 4.85. The smallest absolute Gasteiger partial charge is 0.206 e. The average Bonchev–Trinajstić information content (AvgIpc) is 2.84. The Morgan fingerprint density at radius 1 is 1.19 bits per heavy atom. The van der Waals surface area contributed by atoms with E-state index in [0.717, 1.165) is 21.9 Å². The van der Waals surface area contributed by atoms with Gasteiger partial charge in [-0.2, -0.15) is 0 Å².